The van der Waals surface area contributed by atoms with Crippen molar-refractivity contribution in [3.8, 4) is 0 Å². The Labute approximate surface area is 93.2 Å². The third kappa shape index (κ3) is 2.28. The van der Waals surface area contributed by atoms with Gasteiger partial charge in [0.1, 0.15) is 0 Å². The fourth-order valence-electron chi connectivity index (χ4n) is 1.52. The molecule has 1 aliphatic rings. The van der Waals surface area contributed by atoms with Gasteiger partial charge in [-0.1, -0.05) is 11.6 Å². The summed E-state index contributed by atoms with van der Waals surface area (Å²) in [6.45, 7) is 0. The summed E-state index contributed by atoms with van der Waals surface area (Å²) < 4.78 is 0. The average molecular weight is 229 g/mol. The van der Waals surface area contributed by atoms with Crippen molar-refractivity contribution in [2.24, 2.45) is 0 Å². The Balaban J connectivity index is 2.08. The van der Waals surface area contributed by atoms with Crippen LogP contribution in [0.3, 0.4) is 0 Å². The molecule has 4 heteroatoms. The van der Waals surface area contributed by atoms with Crippen molar-refractivity contribution < 1.29 is 0 Å². The number of anilines is 2. The van der Waals surface area contributed by atoms with Crippen molar-refractivity contribution in [2.75, 3.05) is 22.6 Å². The summed E-state index contributed by atoms with van der Waals surface area (Å²) in [4.78, 5) is 0. The van der Waals surface area contributed by atoms with Crippen molar-refractivity contribution >= 4 is 34.7 Å². The summed E-state index contributed by atoms with van der Waals surface area (Å²) >= 11 is 8.04. The van der Waals surface area contributed by atoms with Crippen LogP contribution in [0.15, 0.2) is 18.2 Å². The SMILES string of the molecule is Nc1ccc(NC2CCSC2)c(Cl)c1. The van der Waals surface area contributed by atoms with E-state index in [4.69, 9.17) is 17.3 Å². The molecule has 0 aliphatic carbocycles. The second-order valence-corrected chi connectivity index (χ2v) is 5.00. The molecule has 1 saturated heterocycles. The van der Waals surface area contributed by atoms with Gasteiger partial charge in [0.15, 0.2) is 0 Å². The number of nitrogen functional groups attached to an aromatic ring is 1. The normalized spacial score (nSPS) is 21.1. The molecule has 1 fully saturated rings. The monoisotopic (exact) mass is 228 g/mol. The van der Waals surface area contributed by atoms with E-state index in [0.29, 0.717) is 16.8 Å². The molecular formula is C10H13ClN2S. The van der Waals surface area contributed by atoms with Crippen molar-refractivity contribution in [2.45, 2.75) is 12.5 Å². The van der Waals surface area contributed by atoms with Gasteiger partial charge in [0.25, 0.3) is 0 Å². The fourth-order valence-corrected chi connectivity index (χ4v) is 2.91. The van der Waals surface area contributed by atoms with Crippen LogP contribution in [-0.2, 0) is 0 Å². The molecule has 3 N–H and O–H groups in total. The Kier molecular flexibility index (Phi) is 3.08. The van der Waals surface area contributed by atoms with Crippen LogP contribution in [0.4, 0.5) is 11.4 Å². The number of nitrogens with two attached hydrogens (primary N) is 1. The Hall–Kier alpha value is -0.540. The highest BCUT2D eigenvalue weighted by molar-refractivity contribution is 7.99. The molecule has 1 aromatic rings. The minimum absolute atomic E-state index is 0.557. The second-order valence-electron chi connectivity index (χ2n) is 3.44. The van der Waals surface area contributed by atoms with Crippen LogP contribution in [0.25, 0.3) is 0 Å². The predicted octanol–water partition coefficient (Wildman–Crippen LogP) is 2.84. The van der Waals surface area contributed by atoms with Gasteiger partial charge in [0.05, 0.1) is 10.7 Å². The minimum atomic E-state index is 0.557. The van der Waals surface area contributed by atoms with E-state index in [1.165, 1.54) is 17.9 Å². The highest BCUT2D eigenvalue weighted by Gasteiger charge is 2.15. The minimum Gasteiger partial charge on any atom is -0.399 e. The molecule has 0 amide bonds. The molecule has 1 aromatic carbocycles. The van der Waals surface area contributed by atoms with Crippen LogP contribution in [0, 0.1) is 0 Å². The Morgan fingerprint density at radius 1 is 1.50 bits per heavy atom. The summed E-state index contributed by atoms with van der Waals surface area (Å²) in [5, 5.41) is 4.14. The largest absolute Gasteiger partial charge is 0.399 e. The Morgan fingerprint density at radius 3 is 3.00 bits per heavy atom. The molecule has 76 valence electrons. The first-order chi connectivity index (χ1) is 6.75. The third-order valence-electron chi connectivity index (χ3n) is 2.28. The molecule has 0 saturated carbocycles. The van der Waals surface area contributed by atoms with Gasteiger partial charge in [-0.2, -0.15) is 11.8 Å². The lowest BCUT2D eigenvalue weighted by Crippen LogP contribution is -2.18. The zero-order valence-electron chi connectivity index (χ0n) is 7.79. The van der Waals surface area contributed by atoms with Gasteiger partial charge in [-0.15, -0.1) is 0 Å². The van der Waals surface area contributed by atoms with E-state index < -0.39 is 0 Å². The average Bonchev–Trinajstić information content (AvgIpc) is 2.62. The number of nitrogens with one attached hydrogen (secondary N) is 1. The van der Waals surface area contributed by atoms with Gasteiger partial charge in [0.2, 0.25) is 0 Å². The summed E-state index contributed by atoms with van der Waals surface area (Å²) in [6.07, 6.45) is 1.21. The molecule has 1 atom stereocenters. The number of thioether (sulfide) groups is 1. The van der Waals surface area contributed by atoms with Gasteiger partial charge in [-0.3, -0.25) is 0 Å². The number of rotatable bonds is 2. The first-order valence-corrected chi connectivity index (χ1v) is 6.18. The molecule has 0 spiro atoms. The van der Waals surface area contributed by atoms with E-state index in [1.807, 2.05) is 23.9 Å². The highest BCUT2D eigenvalue weighted by atomic mass is 35.5. The van der Waals surface area contributed by atoms with Crippen molar-refractivity contribution in [3.05, 3.63) is 23.2 Å². The Bertz CT molecular complexity index is 324. The number of benzene rings is 1. The van der Waals surface area contributed by atoms with E-state index >= 15 is 0 Å². The number of hydrogen-bond donors (Lipinski definition) is 2. The van der Waals surface area contributed by atoms with Crippen LogP contribution < -0.4 is 11.1 Å². The lowest BCUT2D eigenvalue weighted by Gasteiger charge is -2.14. The predicted molar refractivity (Wildman–Crippen MR) is 65.2 cm³/mol. The number of halogens is 1. The van der Waals surface area contributed by atoms with Gasteiger partial charge >= 0.3 is 0 Å². The van der Waals surface area contributed by atoms with Gasteiger partial charge in [0, 0.05) is 17.5 Å². The van der Waals surface area contributed by atoms with E-state index in [9.17, 15) is 0 Å². The molecule has 1 unspecified atom stereocenters. The molecule has 2 rings (SSSR count). The van der Waals surface area contributed by atoms with Crippen LogP contribution in [0.5, 0.6) is 0 Å². The van der Waals surface area contributed by atoms with Crippen LogP contribution in [0.2, 0.25) is 5.02 Å². The maximum Gasteiger partial charge on any atom is 0.0658 e. The topological polar surface area (TPSA) is 38.0 Å². The zero-order valence-corrected chi connectivity index (χ0v) is 9.37. The summed E-state index contributed by atoms with van der Waals surface area (Å²) in [5.74, 6) is 2.41. The molecule has 14 heavy (non-hydrogen) atoms. The number of hydrogen-bond acceptors (Lipinski definition) is 3. The fraction of sp³-hybridized carbons (Fsp3) is 0.400. The van der Waals surface area contributed by atoms with E-state index in [2.05, 4.69) is 5.32 Å². The highest BCUT2D eigenvalue weighted by Crippen LogP contribution is 2.27. The lowest BCUT2D eigenvalue weighted by molar-refractivity contribution is 0.813. The summed E-state index contributed by atoms with van der Waals surface area (Å²) in [5.41, 5.74) is 7.32. The summed E-state index contributed by atoms with van der Waals surface area (Å²) in [7, 11) is 0. The lowest BCUT2D eigenvalue weighted by atomic mass is 10.2. The second kappa shape index (κ2) is 4.32. The maximum atomic E-state index is 6.06. The van der Waals surface area contributed by atoms with E-state index in [0.717, 1.165) is 5.69 Å². The van der Waals surface area contributed by atoms with Gasteiger partial charge in [-0.05, 0) is 30.4 Å². The van der Waals surface area contributed by atoms with E-state index in [-0.39, 0.29) is 0 Å². The molecule has 1 heterocycles. The summed E-state index contributed by atoms with van der Waals surface area (Å²) in [6, 6.07) is 6.16. The van der Waals surface area contributed by atoms with E-state index in [1.54, 1.807) is 6.07 Å². The molecule has 0 bridgehead atoms. The van der Waals surface area contributed by atoms with Crippen molar-refractivity contribution in [1.29, 1.82) is 0 Å². The van der Waals surface area contributed by atoms with Crippen LogP contribution in [0.1, 0.15) is 6.42 Å². The molecule has 0 radical (unpaired) electrons. The van der Waals surface area contributed by atoms with Gasteiger partial charge in [-0.25, -0.2) is 0 Å². The van der Waals surface area contributed by atoms with Crippen LogP contribution in [-0.4, -0.2) is 17.5 Å². The van der Waals surface area contributed by atoms with Crippen LogP contribution >= 0.6 is 23.4 Å². The smallest absolute Gasteiger partial charge is 0.0658 e. The molecule has 0 aromatic heterocycles. The zero-order chi connectivity index (χ0) is 9.97. The third-order valence-corrected chi connectivity index (χ3v) is 3.76. The Morgan fingerprint density at radius 2 is 2.36 bits per heavy atom. The molecular weight excluding hydrogens is 216 g/mol. The van der Waals surface area contributed by atoms with Crippen molar-refractivity contribution in [1.82, 2.24) is 0 Å². The first-order valence-electron chi connectivity index (χ1n) is 4.65. The van der Waals surface area contributed by atoms with Crippen molar-refractivity contribution in [3.63, 3.8) is 0 Å². The molecule has 2 nitrogen and oxygen atoms in total. The maximum absolute atomic E-state index is 6.06. The molecule has 1 aliphatic heterocycles. The van der Waals surface area contributed by atoms with Gasteiger partial charge < -0.3 is 11.1 Å². The quantitative estimate of drug-likeness (QED) is 0.765. The first kappa shape index (κ1) is 9.99. The standard InChI is InChI=1S/C10H13ClN2S/c11-9-5-7(12)1-2-10(9)13-8-3-4-14-6-8/h1-2,5,8,13H,3-4,6,12H2.